The minimum absolute atomic E-state index is 0.217. The van der Waals surface area contributed by atoms with Crippen molar-refractivity contribution in [3.05, 3.63) is 77.5 Å². The van der Waals surface area contributed by atoms with Gasteiger partial charge in [-0.15, -0.1) is 0 Å². The van der Waals surface area contributed by atoms with E-state index in [0.29, 0.717) is 45.8 Å². The topological polar surface area (TPSA) is 88.9 Å². The Balaban J connectivity index is 1.77. The summed E-state index contributed by atoms with van der Waals surface area (Å²) in [5.41, 5.74) is 4.27. The van der Waals surface area contributed by atoms with Gasteiger partial charge in [0.1, 0.15) is 0 Å². The number of fused-ring (bicyclic) bond motifs is 1. The van der Waals surface area contributed by atoms with Crippen molar-refractivity contribution in [2.75, 3.05) is 11.9 Å². The van der Waals surface area contributed by atoms with Crippen molar-refractivity contribution in [2.45, 2.75) is 20.3 Å². The van der Waals surface area contributed by atoms with Gasteiger partial charge in [0.2, 0.25) is 0 Å². The number of para-hydroxylation sites is 1. The molecule has 162 valence electrons. The lowest BCUT2D eigenvalue weighted by molar-refractivity contribution is 0.0954. The van der Waals surface area contributed by atoms with Crippen molar-refractivity contribution >= 4 is 28.5 Å². The van der Waals surface area contributed by atoms with Gasteiger partial charge in [-0.1, -0.05) is 49.4 Å². The Labute approximate surface area is 186 Å². The molecule has 0 aliphatic heterocycles. The smallest absolute Gasteiger partial charge is 0.256 e. The Kier molecular flexibility index (Phi) is 5.98. The molecule has 0 atom stereocenters. The van der Waals surface area contributed by atoms with Crippen LogP contribution < -0.4 is 10.6 Å². The van der Waals surface area contributed by atoms with Crippen LogP contribution >= 0.6 is 0 Å². The first-order valence-corrected chi connectivity index (χ1v) is 10.6. The number of nitrogens with zero attached hydrogens (tertiary/aromatic N) is 3. The van der Waals surface area contributed by atoms with E-state index in [4.69, 9.17) is 4.98 Å². The first-order valence-electron chi connectivity index (χ1n) is 10.6. The van der Waals surface area contributed by atoms with Crippen LogP contribution in [0.25, 0.3) is 22.3 Å². The number of rotatable bonds is 6. The summed E-state index contributed by atoms with van der Waals surface area (Å²) in [5, 5.41) is 10.9. The minimum atomic E-state index is -0.318. The summed E-state index contributed by atoms with van der Waals surface area (Å²) in [6.07, 6.45) is 0.831. The average molecular weight is 428 g/mol. The zero-order valence-electron chi connectivity index (χ0n) is 18.3. The van der Waals surface area contributed by atoms with Crippen LogP contribution in [0.4, 0.5) is 5.69 Å². The maximum Gasteiger partial charge on any atom is 0.256 e. The van der Waals surface area contributed by atoms with Crippen LogP contribution in [0.5, 0.6) is 0 Å². The van der Waals surface area contributed by atoms with Crippen molar-refractivity contribution in [3.8, 4) is 11.3 Å². The fourth-order valence-electron chi connectivity index (χ4n) is 3.69. The third kappa shape index (κ3) is 4.09. The summed E-state index contributed by atoms with van der Waals surface area (Å²) >= 11 is 0. The van der Waals surface area contributed by atoms with Crippen LogP contribution in [0.15, 0.2) is 60.7 Å². The van der Waals surface area contributed by atoms with Crippen molar-refractivity contribution in [1.82, 2.24) is 20.1 Å². The molecule has 0 fully saturated rings. The van der Waals surface area contributed by atoms with Gasteiger partial charge >= 0.3 is 0 Å². The van der Waals surface area contributed by atoms with Gasteiger partial charge in [-0.2, -0.15) is 5.10 Å². The van der Waals surface area contributed by atoms with Gasteiger partial charge in [-0.05, 0) is 31.5 Å². The maximum atomic E-state index is 13.5. The van der Waals surface area contributed by atoms with E-state index in [1.165, 1.54) is 0 Å². The molecule has 2 heterocycles. The van der Waals surface area contributed by atoms with E-state index in [1.807, 2.05) is 51.2 Å². The standard InChI is InChI=1S/C25H25N5O2/c1-4-14-26-24(31)18-12-8-9-13-20(18)28-25(32)19-15-21(17-10-6-5-7-11-17)27-23-22(19)16(2)29-30(23)3/h5-13,15H,4,14H2,1-3H3,(H,26,31)(H,28,32). The highest BCUT2D eigenvalue weighted by Crippen LogP contribution is 2.28. The molecule has 0 bridgehead atoms. The molecular formula is C25H25N5O2. The molecule has 0 spiro atoms. The average Bonchev–Trinajstić information content (AvgIpc) is 3.11. The summed E-state index contributed by atoms with van der Waals surface area (Å²) in [7, 11) is 1.81. The highest BCUT2D eigenvalue weighted by atomic mass is 16.2. The zero-order valence-corrected chi connectivity index (χ0v) is 18.3. The summed E-state index contributed by atoms with van der Waals surface area (Å²) in [4.78, 5) is 30.8. The van der Waals surface area contributed by atoms with Crippen LogP contribution in [-0.2, 0) is 7.05 Å². The Morgan fingerprint density at radius 2 is 1.69 bits per heavy atom. The number of aromatic nitrogens is 3. The third-order valence-corrected chi connectivity index (χ3v) is 5.24. The SMILES string of the molecule is CCCNC(=O)c1ccccc1NC(=O)c1cc(-c2ccccc2)nc2c1c(C)nn2C. The van der Waals surface area contributed by atoms with E-state index in [2.05, 4.69) is 15.7 Å². The van der Waals surface area contributed by atoms with Crippen molar-refractivity contribution in [1.29, 1.82) is 0 Å². The first-order chi connectivity index (χ1) is 15.5. The molecular weight excluding hydrogens is 402 g/mol. The van der Waals surface area contributed by atoms with Gasteiger partial charge in [-0.25, -0.2) is 4.98 Å². The second-order valence-electron chi connectivity index (χ2n) is 7.58. The normalized spacial score (nSPS) is 10.8. The zero-order chi connectivity index (χ0) is 22.7. The largest absolute Gasteiger partial charge is 0.352 e. The van der Waals surface area contributed by atoms with E-state index in [1.54, 1.807) is 35.0 Å². The summed E-state index contributed by atoms with van der Waals surface area (Å²) in [5.74, 6) is -0.536. The van der Waals surface area contributed by atoms with Crippen LogP contribution in [0.3, 0.4) is 0 Å². The highest BCUT2D eigenvalue weighted by Gasteiger charge is 2.21. The van der Waals surface area contributed by atoms with Gasteiger partial charge in [0, 0.05) is 19.2 Å². The van der Waals surface area contributed by atoms with E-state index in [0.717, 1.165) is 12.0 Å². The number of aryl methyl sites for hydroxylation is 2. The number of anilines is 1. The number of amides is 2. The minimum Gasteiger partial charge on any atom is -0.352 e. The Bertz CT molecular complexity index is 1290. The lowest BCUT2D eigenvalue weighted by Crippen LogP contribution is -2.25. The molecule has 0 saturated heterocycles. The van der Waals surface area contributed by atoms with Gasteiger partial charge in [0.15, 0.2) is 5.65 Å². The van der Waals surface area contributed by atoms with Crippen LogP contribution in [0, 0.1) is 6.92 Å². The lowest BCUT2D eigenvalue weighted by Gasteiger charge is -2.13. The number of carbonyl (C=O) groups is 2. The van der Waals surface area contributed by atoms with Crippen molar-refractivity contribution in [2.24, 2.45) is 7.05 Å². The molecule has 2 N–H and O–H groups in total. The summed E-state index contributed by atoms with van der Waals surface area (Å²) in [6.45, 7) is 4.42. The van der Waals surface area contributed by atoms with E-state index < -0.39 is 0 Å². The number of benzene rings is 2. The molecule has 7 nitrogen and oxygen atoms in total. The van der Waals surface area contributed by atoms with Crippen LogP contribution in [-0.4, -0.2) is 33.1 Å². The van der Waals surface area contributed by atoms with Gasteiger partial charge < -0.3 is 10.6 Å². The molecule has 2 aromatic heterocycles. The number of hydrogen-bond donors (Lipinski definition) is 2. The molecule has 0 saturated carbocycles. The van der Waals surface area contributed by atoms with E-state index in [9.17, 15) is 9.59 Å². The van der Waals surface area contributed by atoms with Crippen molar-refractivity contribution < 1.29 is 9.59 Å². The van der Waals surface area contributed by atoms with E-state index >= 15 is 0 Å². The molecule has 4 rings (SSSR count). The number of hydrogen-bond acceptors (Lipinski definition) is 4. The third-order valence-electron chi connectivity index (χ3n) is 5.24. The molecule has 7 heteroatoms. The van der Waals surface area contributed by atoms with Crippen molar-refractivity contribution in [3.63, 3.8) is 0 Å². The summed E-state index contributed by atoms with van der Waals surface area (Å²) < 4.78 is 1.68. The second kappa shape index (κ2) is 9.01. The molecule has 4 aromatic rings. The fraction of sp³-hybridized carbons (Fsp3) is 0.200. The predicted molar refractivity (Wildman–Crippen MR) is 126 cm³/mol. The Hall–Kier alpha value is -4.00. The van der Waals surface area contributed by atoms with E-state index in [-0.39, 0.29) is 11.8 Å². The number of carbonyl (C=O) groups excluding carboxylic acids is 2. The first kappa shape index (κ1) is 21.2. The summed E-state index contributed by atoms with van der Waals surface area (Å²) in [6, 6.07) is 18.5. The molecule has 0 aliphatic rings. The fourth-order valence-corrected chi connectivity index (χ4v) is 3.69. The number of nitrogens with one attached hydrogen (secondary N) is 2. The lowest BCUT2D eigenvalue weighted by atomic mass is 10.0. The quantitative estimate of drug-likeness (QED) is 0.479. The molecule has 2 amide bonds. The van der Waals surface area contributed by atoms with Gasteiger partial charge in [0.05, 0.1) is 33.6 Å². The van der Waals surface area contributed by atoms with Gasteiger partial charge in [-0.3, -0.25) is 14.3 Å². The van der Waals surface area contributed by atoms with Gasteiger partial charge in [0.25, 0.3) is 11.8 Å². The Morgan fingerprint density at radius 1 is 0.969 bits per heavy atom. The molecule has 0 unspecified atom stereocenters. The highest BCUT2D eigenvalue weighted by molar-refractivity contribution is 6.15. The maximum absolute atomic E-state index is 13.5. The second-order valence-corrected chi connectivity index (χ2v) is 7.58. The Morgan fingerprint density at radius 3 is 2.44 bits per heavy atom. The van der Waals surface area contributed by atoms with Crippen LogP contribution in [0.1, 0.15) is 39.8 Å². The molecule has 0 radical (unpaired) electrons. The monoisotopic (exact) mass is 427 g/mol. The molecule has 32 heavy (non-hydrogen) atoms. The molecule has 2 aromatic carbocycles. The molecule has 0 aliphatic carbocycles. The predicted octanol–water partition coefficient (Wildman–Crippen LogP) is 4.34. The number of pyridine rings is 1. The van der Waals surface area contributed by atoms with Crippen LogP contribution in [0.2, 0.25) is 0 Å².